The monoisotopic (exact) mass is 336 g/mol. The Bertz CT molecular complexity index is 869. The van der Waals surface area contributed by atoms with Gasteiger partial charge in [-0.15, -0.1) is 0 Å². The minimum Gasteiger partial charge on any atom is -0.291 e. The van der Waals surface area contributed by atoms with Crippen molar-refractivity contribution in [3.63, 3.8) is 0 Å². The molecule has 0 aliphatic heterocycles. The molecule has 10 heteroatoms. The first-order valence-electron chi connectivity index (χ1n) is 6.75. The standard InChI is InChI=1S/C14H11F3N6O/c1-8-11(12(24)21-13-18-7-19-22-13)6-20-23(8)10-4-2-3-9(5-10)14(15,16)17/h2-7H,1H3,(H2,18,19,21,22,24). The average molecular weight is 336 g/mol. The second-order valence-electron chi connectivity index (χ2n) is 4.89. The van der Waals surface area contributed by atoms with Crippen molar-refractivity contribution in [2.45, 2.75) is 13.1 Å². The molecule has 0 atom stereocenters. The molecule has 0 fully saturated rings. The number of amides is 1. The summed E-state index contributed by atoms with van der Waals surface area (Å²) in [7, 11) is 0. The number of alkyl halides is 3. The zero-order valence-corrected chi connectivity index (χ0v) is 12.3. The van der Waals surface area contributed by atoms with Crippen LogP contribution in [0.25, 0.3) is 5.69 Å². The molecule has 1 amide bonds. The first-order valence-corrected chi connectivity index (χ1v) is 6.75. The van der Waals surface area contributed by atoms with Crippen LogP contribution in [0.4, 0.5) is 19.1 Å². The lowest BCUT2D eigenvalue weighted by Gasteiger charge is -2.10. The molecule has 124 valence electrons. The molecule has 2 aromatic heterocycles. The van der Waals surface area contributed by atoms with Crippen LogP contribution in [0, 0.1) is 6.92 Å². The maximum atomic E-state index is 12.8. The van der Waals surface area contributed by atoms with Gasteiger partial charge in [-0.05, 0) is 25.1 Å². The lowest BCUT2D eigenvalue weighted by atomic mass is 10.2. The first kappa shape index (κ1) is 15.7. The number of nitrogens with one attached hydrogen (secondary N) is 2. The van der Waals surface area contributed by atoms with E-state index in [1.165, 1.54) is 29.3 Å². The van der Waals surface area contributed by atoms with Gasteiger partial charge in [-0.2, -0.15) is 28.4 Å². The number of anilines is 1. The molecule has 0 saturated heterocycles. The van der Waals surface area contributed by atoms with E-state index in [1.807, 2.05) is 0 Å². The molecule has 2 heterocycles. The predicted molar refractivity (Wildman–Crippen MR) is 77.6 cm³/mol. The average Bonchev–Trinajstić information content (AvgIpc) is 3.16. The lowest BCUT2D eigenvalue weighted by molar-refractivity contribution is -0.137. The summed E-state index contributed by atoms with van der Waals surface area (Å²) in [6, 6.07) is 4.71. The van der Waals surface area contributed by atoms with Gasteiger partial charge in [0.15, 0.2) is 0 Å². The van der Waals surface area contributed by atoms with Crippen molar-refractivity contribution >= 4 is 11.9 Å². The van der Waals surface area contributed by atoms with Gasteiger partial charge in [-0.1, -0.05) is 6.07 Å². The fourth-order valence-corrected chi connectivity index (χ4v) is 2.15. The highest BCUT2D eigenvalue weighted by Gasteiger charge is 2.30. The van der Waals surface area contributed by atoms with E-state index in [-0.39, 0.29) is 17.2 Å². The number of carbonyl (C=O) groups excluding carboxylic acids is 1. The molecule has 0 spiro atoms. The maximum absolute atomic E-state index is 12.8. The van der Waals surface area contributed by atoms with Gasteiger partial charge in [0.1, 0.15) is 6.33 Å². The Balaban J connectivity index is 1.91. The van der Waals surface area contributed by atoms with E-state index in [0.717, 1.165) is 12.1 Å². The number of benzene rings is 1. The number of hydrogen-bond donors (Lipinski definition) is 2. The summed E-state index contributed by atoms with van der Waals surface area (Å²) in [6.45, 7) is 1.59. The number of aromatic amines is 1. The van der Waals surface area contributed by atoms with Crippen molar-refractivity contribution in [1.29, 1.82) is 0 Å². The van der Waals surface area contributed by atoms with Gasteiger partial charge in [0, 0.05) is 0 Å². The summed E-state index contributed by atoms with van der Waals surface area (Å²) in [4.78, 5) is 15.9. The molecule has 3 aromatic rings. The number of hydrogen-bond acceptors (Lipinski definition) is 4. The molecule has 0 radical (unpaired) electrons. The molecule has 0 aliphatic carbocycles. The molecular weight excluding hydrogens is 325 g/mol. The molecule has 2 N–H and O–H groups in total. The van der Waals surface area contributed by atoms with Crippen molar-refractivity contribution in [1.82, 2.24) is 25.0 Å². The van der Waals surface area contributed by atoms with Crippen molar-refractivity contribution in [3.05, 3.63) is 53.6 Å². The molecule has 0 bridgehead atoms. The Morgan fingerprint density at radius 2 is 2.12 bits per heavy atom. The number of H-pyrrole nitrogens is 1. The molecule has 0 aliphatic rings. The van der Waals surface area contributed by atoms with Crippen LogP contribution in [-0.2, 0) is 6.18 Å². The normalized spacial score (nSPS) is 11.5. The number of rotatable bonds is 3. The number of carbonyl (C=O) groups is 1. The van der Waals surface area contributed by atoms with Crippen molar-refractivity contribution in [3.8, 4) is 5.69 Å². The minimum absolute atomic E-state index is 0.159. The van der Waals surface area contributed by atoms with Crippen LogP contribution in [0.15, 0.2) is 36.8 Å². The summed E-state index contributed by atoms with van der Waals surface area (Å²) >= 11 is 0. The van der Waals surface area contributed by atoms with Crippen LogP contribution in [0.5, 0.6) is 0 Å². The minimum atomic E-state index is -4.45. The van der Waals surface area contributed by atoms with Gasteiger partial charge in [0.25, 0.3) is 5.91 Å². The summed E-state index contributed by atoms with van der Waals surface area (Å²) in [5.41, 5.74) is 0.0266. The van der Waals surface area contributed by atoms with Crippen LogP contribution in [-0.4, -0.2) is 30.9 Å². The van der Waals surface area contributed by atoms with Crippen LogP contribution >= 0.6 is 0 Å². The highest BCUT2D eigenvalue weighted by Crippen LogP contribution is 2.30. The Labute approximate surface area is 133 Å². The van der Waals surface area contributed by atoms with Gasteiger partial charge in [-0.3, -0.25) is 10.1 Å². The number of nitrogens with zero attached hydrogens (tertiary/aromatic N) is 4. The Kier molecular flexibility index (Phi) is 3.80. The molecule has 0 unspecified atom stereocenters. The Morgan fingerprint density at radius 1 is 1.33 bits per heavy atom. The molecular formula is C14H11F3N6O. The van der Waals surface area contributed by atoms with E-state index >= 15 is 0 Å². The third-order valence-electron chi connectivity index (χ3n) is 3.32. The molecule has 7 nitrogen and oxygen atoms in total. The smallest absolute Gasteiger partial charge is 0.291 e. The third-order valence-corrected chi connectivity index (χ3v) is 3.32. The van der Waals surface area contributed by atoms with E-state index in [4.69, 9.17) is 0 Å². The number of halogens is 3. The Morgan fingerprint density at radius 3 is 2.79 bits per heavy atom. The van der Waals surface area contributed by atoms with E-state index < -0.39 is 17.6 Å². The SMILES string of the molecule is Cc1c(C(=O)Nc2ncn[nH]2)cnn1-c1cccc(C(F)(F)F)c1. The van der Waals surface area contributed by atoms with Crippen LogP contribution in [0.2, 0.25) is 0 Å². The second-order valence-corrected chi connectivity index (χ2v) is 4.89. The summed E-state index contributed by atoms with van der Waals surface area (Å²) in [5.74, 6) is -0.339. The fourth-order valence-electron chi connectivity index (χ4n) is 2.15. The molecule has 1 aromatic carbocycles. The first-order chi connectivity index (χ1) is 11.4. The molecule has 0 saturated carbocycles. The van der Waals surface area contributed by atoms with Gasteiger partial charge >= 0.3 is 6.18 Å². The van der Waals surface area contributed by atoms with Gasteiger partial charge in [0.05, 0.1) is 28.7 Å². The summed E-state index contributed by atoms with van der Waals surface area (Å²) < 4.78 is 39.7. The van der Waals surface area contributed by atoms with Crippen molar-refractivity contribution in [2.24, 2.45) is 0 Å². The van der Waals surface area contributed by atoms with E-state index in [2.05, 4.69) is 25.6 Å². The summed E-state index contributed by atoms with van der Waals surface area (Å²) in [6.07, 6.45) is -1.95. The maximum Gasteiger partial charge on any atom is 0.416 e. The van der Waals surface area contributed by atoms with Crippen LogP contribution in [0.1, 0.15) is 21.6 Å². The zero-order chi connectivity index (χ0) is 17.3. The van der Waals surface area contributed by atoms with Gasteiger partial charge < -0.3 is 0 Å². The fraction of sp³-hybridized carbons (Fsp3) is 0.143. The van der Waals surface area contributed by atoms with Crippen LogP contribution < -0.4 is 5.32 Å². The topological polar surface area (TPSA) is 88.5 Å². The molecule has 3 rings (SSSR count). The van der Waals surface area contributed by atoms with Gasteiger partial charge in [0.2, 0.25) is 5.95 Å². The van der Waals surface area contributed by atoms with E-state index in [9.17, 15) is 18.0 Å². The third kappa shape index (κ3) is 2.98. The number of aromatic nitrogens is 5. The predicted octanol–water partition coefficient (Wildman–Crippen LogP) is 2.57. The largest absolute Gasteiger partial charge is 0.416 e. The zero-order valence-electron chi connectivity index (χ0n) is 12.3. The van der Waals surface area contributed by atoms with Crippen LogP contribution in [0.3, 0.4) is 0 Å². The second kappa shape index (κ2) is 5.80. The van der Waals surface area contributed by atoms with Crippen molar-refractivity contribution < 1.29 is 18.0 Å². The van der Waals surface area contributed by atoms with E-state index in [1.54, 1.807) is 6.92 Å². The van der Waals surface area contributed by atoms with Crippen molar-refractivity contribution in [2.75, 3.05) is 5.32 Å². The summed E-state index contributed by atoms with van der Waals surface area (Å²) in [5, 5.41) is 12.6. The lowest BCUT2D eigenvalue weighted by Crippen LogP contribution is -2.14. The highest BCUT2D eigenvalue weighted by molar-refractivity contribution is 6.04. The van der Waals surface area contributed by atoms with E-state index in [0.29, 0.717) is 5.69 Å². The quantitative estimate of drug-likeness (QED) is 0.769. The van der Waals surface area contributed by atoms with Gasteiger partial charge in [-0.25, -0.2) is 9.78 Å². The highest BCUT2D eigenvalue weighted by atomic mass is 19.4. The Hall–Kier alpha value is -3.17. The molecule has 24 heavy (non-hydrogen) atoms.